The molecule has 1 aliphatic rings. The first-order chi connectivity index (χ1) is 14.5. The number of benzene rings is 2. The van der Waals surface area contributed by atoms with Crippen molar-refractivity contribution in [3.63, 3.8) is 0 Å². The van der Waals surface area contributed by atoms with Crippen molar-refractivity contribution in [1.82, 2.24) is 20.2 Å². The van der Waals surface area contributed by atoms with Gasteiger partial charge >= 0.3 is 5.97 Å². The molecule has 0 aliphatic carbocycles. The van der Waals surface area contributed by atoms with E-state index in [1.54, 1.807) is 30.3 Å². The Bertz CT molecular complexity index is 1170. The number of rotatable bonds is 5. The van der Waals surface area contributed by atoms with Crippen LogP contribution >= 0.6 is 0 Å². The van der Waals surface area contributed by atoms with Crippen LogP contribution in [0, 0.1) is 10.1 Å². The Balaban J connectivity index is 1.93. The van der Waals surface area contributed by atoms with E-state index in [0.717, 1.165) is 0 Å². The van der Waals surface area contributed by atoms with Crippen LogP contribution in [-0.4, -0.2) is 44.0 Å². The number of esters is 1. The van der Waals surface area contributed by atoms with Crippen molar-refractivity contribution in [1.29, 1.82) is 0 Å². The minimum Gasteiger partial charge on any atom is -0.464 e. The van der Waals surface area contributed by atoms with Crippen molar-refractivity contribution in [2.45, 2.75) is 6.04 Å². The Morgan fingerprint density at radius 1 is 1.13 bits per heavy atom. The number of ether oxygens (including phenoxy) is 1. The van der Waals surface area contributed by atoms with E-state index in [2.05, 4.69) is 20.8 Å². The number of hydrogen-bond acceptors (Lipinski definition) is 9. The molecule has 30 heavy (non-hydrogen) atoms. The van der Waals surface area contributed by atoms with Gasteiger partial charge < -0.3 is 10.1 Å². The van der Waals surface area contributed by atoms with Crippen molar-refractivity contribution >= 4 is 23.4 Å². The minimum atomic E-state index is -0.904. The number of ketones is 1. The number of fused-ring (bicyclic) bond motifs is 1. The largest absolute Gasteiger partial charge is 0.464 e. The molecule has 11 heteroatoms. The fourth-order valence-electron chi connectivity index (χ4n) is 3.22. The number of tetrazole rings is 1. The molecular weight excluding hydrogens is 392 g/mol. The van der Waals surface area contributed by atoms with E-state index >= 15 is 0 Å². The molecule has 0 saturated carbocycles. The van der Waals surface area contributed by atoms with Crippen LogP contribution in [0.2, 0.25) is 0 Å². The summed E-state index contributed by atoms with van der Waals surface area (Å²) in [4.78, 5) is 36.4. The van der Waals surface area contributed by atoms with Crippen LogP contribution in [-0.2, 0) is 9.53 Å². The first-order valence-corrected chi connectivity index (χ1v) is 8.72. The maximum Gasteiger partial charge on any atom is 0.355 e. The number of nitrogens with one attached hydrogen (secondary N) is 1. The molecule has 2 aromatic carbocycles. The average Bonchev–Trinajstić information content (AvgIpc) is 3.26. The lowest BCUT2D eigenvalue weighted by Crippen LogP contribution is -2.32. The van der Waals surface area contributed by atoms with Crippen molar-refractivity contribution < 1.29 is 19.2 Å². The molecule has 0 saturated heterocycles. The van der Waals surface area contributed by atoms with Gasteiger partial charge in [-0.25, -0.2) is 4.79 Å². The Hall–Kier alpha value is -4.41. The maximum atomic E-state index is 13.4. The molecule has 0 radical (unpaired) electrons. The van der Waals surface area contributed by atoms with Crippen LogP contribution in [0.15, 0.2) is 65.9 Å². The predicted octanol–water partition coefficient (Wildman–Crippen LogP) is 1.91. The zero-order valence-corrected chi connectivity index (χ0v) is 15.6. The summed E-state index contributed by atoms with van der Waals surface area (Å²) in [6.45, 7) is 0. The van der Waals surface area contributed by atoms with Gasteiger partial charge in [0.1, 0.15) is 11.7 Å². The molecule has 1 N–H and O–H groups in total. The van der Waals surface area contributed by atoms with E-state index in [9.17, 15) is 19.7 Å². The van der Waals surface area contributed by atoms with Crippen LogP contribution in [0.4, 0.5) is 11.6 Å². The standard InChI is InChI=1S/C19H14N6O5/c1-30-18(27)15-14(17(26)12-5-3-2-4-6-12)16(24-19(20-15)21-22-23-24)11-7-9-13(10-8-11)25(28)29/h2-10,16H,1H3,(H,20,21,23)/t16-/m0/s1. The number of nitro groups is 1. The number of aromatic nitrogens is 4. The lowest BCUT2D eigenvalue weighted by Gasteiger charge is -2.28. The highest BCUT2D eigenvalue weighted by molar-refractivity contribution is 6.14. The third-order valence-corrected chi connectivity index (χ3v) is 4.61. The fraction of sp³-hybridized carbons (Fsp3) is 0.105. The Labute approximate surface area is 169 Å². The Morgan fingerprint density at radius 3 is 2.47 bits per heavy atom. The molecule has 1 atom stereocenters. The zero-order chi connectivity index (χ0) is 21.3. The van der Waals surface area contributed by atoms with Gasteiger partial charge in [-0.3, -0.25) is 14.9 Å². The van der Waals surface area contributed by atoms with E-state index < -0.39 is 22.7 Å². The SMILES string of the molecule is COC(=O)C1=C(C(=O)c2ccccc2)[C@H](c2ccc([N+](=O)[O-])cc2)n2nnnc2N1. The second-order valence-corrected chi connectivity index (χ2v) is 6.30. The highest BCUT2D eigenvalue weighted by atomic mass is 16.6. The smallest absolute Gasteiger partial charge is 0.355 e. The first kappa shape index (κ1) is 18.9. The number of carbonyl (C=O) groups excluding carboxylic acids is 2. The van der Waals surface area contributed by atoms with Gasteiger partial charge in [0.25, 0.3) is 5.69 Å². The number of carbonyl (C=O) groups is 2. The summed E-state index contributed by atoms with van der Waals surface area (Å²) in [5.74, 6) is -1.08. The second kappa shape index (κ2) is 7.54. The quantitative estimate of drug-likeness (QED) is 0.291. The summed E-state index contributed by atoms with van der Waals surface area (Å²) in [5, 5.41) is 25.2. The molecule has 2 heterocycles. The molecule has 4 rings (SSSR count). The number of Topliss-reactive ketones (excluding diaryl/α,β-unsaturated/α-hetero) is 1. The van der Waals surface area contributed by atoms with E-state index in [1.807, 2.05) is 0 Å². The highest BCUT2D eigenvalue weighted by Crippen LogP contribution is 2.37. The third-order valence-electron chi connectivity index (χ3n) is 4.61. The van der Waals surface area contributed by atoms with Crippen LogP contribution in [0.5, 0.6) is 0 Å². The summed E-state index contributed by atoms with van der Waals surface area (Å²) in [7, 11) is 1.19. The van der Waals surface area contributed by atoms with Gasteiger partial charge in [0.05, 0.1) is 17.6 Å². The molecule has 0 amide bonds. The number of nitro benzene ring substituents is 1. The molecule has 1 aromatic heterocycles. The molecule has 0 spiro atoms. The maximum absolute atomic E-state index is 13.4. The molecule has 0 fully saturated rings. The van der Waals surface area contributed by atoms with Gasteiger partial charge in [-0.1, -0.05) is 35.4 Å². The predicted molar refractivity (Wildman–Crippen MR) is 102 cm³/mol. The molecule has 0 unspecified atom stereocenters. The molecule has 11 nitrogen and oxygen atoms in total. The highest BCUT2D eigenvalue weighted by Gasteiger charge is 2.38. The van der Waals surface area contributed by atoms with Crippen LogP contribution in [0.25, 0.3) is 0 Å². The van der Waals surface area contributed by atoms with Gasteiger partial charge in [-0.15, -0.1) is 0 Å². The van der Waals surface area contributed by atoms with Gasteiger partial charge in [0.2, 0.25) is 5.95 Å². The van der Waals surface area contributed by atoms with Crippen LogP contribution < -0.4 is 5.32 Å². The average molecular weight is 406 g/mol. The summed E-state index contributed by atoms with van der Waals surface area (Å²) < 4.78 is 6.19. The summed E-state index contributed by atoms with van der Waals surface area (Å²) in [5.41, 5.74) is 0.673. The lowest BCUT2D eigenvalue weighted by molar-refractivity contribution is -0.384. The molecule has 150 valence electrons. The Morgan fingerprint density at radius 2 is 1.83 bits per heavy atom. The van der Waals surface area contributed by atoms with Gasteiger partial charge in [-0.2, -0.15) is 4.68 Å². The van der Waals surface area contributed by atoms with Gasteiger partial charge in [0, 0.05) is 17.7 Å². The van der Waals surface area contributed by atoms with Crippen LogP contribution in [0.1, 0.15) is 22.0 Å². The molecule has 1 aliphatic heterocycles. The normalized spacial score (nSPS) is 15.2. The van der Waals surface area contributed by atoms with Gasteiger partial charge in [0.15, 0.2) is 5.78 Å². The number of anilines is 1. The number of non-ortho nitro benzene ring substituents is 1. The number of allylic oxidation sites excluding steroid dienone is 1. The van der Waals surface area contributed by atoms with E-state index in [4.69, 9.17) is 4.74 Å². The molecule has 3 aromatic rings. The van der Waals surface area contributed by atoms with Crippen molar-refractivity contribution in [2.24, 2.45) is 0 Å². The zero-order valence-electron chi connectivity index (χ0n) is 15.6. The van der Waals surface area contributed by atoms with Gasteiger partial charge in [-0.05, 0) is 28.1 Å². The third kappa shape index (κ3) is 3.17. The summed E-state index contributed by atoms with van der Waals surface area (Å²) in [6.07, 6.45) is 0. The van der Waals surface area contributed by atoms with Crippen molar-refractivity contribution in [2.75, 3.05) is 12.4 Å². The second-order valence-electron chi connectivity index (χ2n) is 6.30. The molecular formula is C19H14N6O5. The summed E-state index contributed by atoms with van der Waals surface area (Å²) >= 11 is 0. The van der Waals surface area contributed by atoms with E-state index in [0.29, 0.717) is 11.1 Å². The van der Waals surface area contributed by atoms with Crippen molar-refractivity contribution in [3.05, 3.63) is 87.1 Å². The Kier molecular flexibility index (Phi) is 4.76. The van der Waals surface area contributed by atoms with E-state index in [1.165, 1.54) is 36.1 Å². The van der Waals surface area contributed by atoms with Crippen molar-refractivity contribution in [3.8, 4) is 0 Å². The number of hydrogen-bond donors (Lipinski definition) is 1. The van der Waals surface area contributed by atoms with E-state index in [-0.39, 0.29) is 22.9 Å². The summed E-state index contributed by atoms with van der Waals surface area (Å²) in [6, 6.07) is 13.1. The molecule has 0 bridgehead atoms. The first-order valence-electron chi connectivity index (χ1n) is 8.72. The number of nitrogens with zero attached hydrogens (tertiary/aromatic N) is 5. The van der Waals surface area contributed by atoms with Crippen LogP contribution in [0.3, 0.4) is 0 Å². The lowest BCUT2D eigenvalue weighted by atomic mass is 9.89. The fourth-order valence-corrected chi connectivity index (χ4v) is 3.22. The minimum absolute atomic E-state index is 0.0571. The topological polar surface area (TPSA) is 142 Å². The number of methoxy groups -OCH3 is 1. The monoisotopic (exact) mass is 406 g/mol.